The molecule has 0 unspecified atom stereocenters. The summed E-state index contributed by atoms with van der Waals surface area (Å²) < 4.78 is 10.0. The molecule has 0 aliphatic carbocycles. The van der Waals surface area contributed by atoms with Crippen LogP contribution in [0, 0.1) is 6.92 Å². The number of rotatable bonds is 7. The zero-order valence-corrected chi connectivity index (χ0v) is 13.0. The van der Waals surface area contributed by atoms with Gasteiger partial charge in [-0.25, -0.2) is 0 Å². The molecule has 1 aromatic heterocycles. The average Bonchev–Trinajstić information content (AvgIpc) is 3.05. The highest BCUT2D eigenvalue weighted by Crippen LogP contribution is 2.18. The molecule has 7 heteroatoms. The Labute approximate surface area is 125 Å². The maximum absolute atomic E-state index is 11.9. The third-order valence-electron chi connectivity index (χ3n) is 3.80. The fourth-order valence-corrected chi connectivity index (χ4v) is 2.76. The molecular formula is C14H24N4O3. The normalized spacial score (nSPS) is 19.1. The predicted octanol–water partition coefficient (Wildman–Crippen LogP) is 0.837. The minimum atomic E-state index is 0.0567. The molecule has 0 saturated carbocycles. The lowest BCUT2D eigenvalue weighted by atomic mass is 10.2. The summed E-state index contributed by atoms with van der Waals surface area (Å²) in [7, 11) is 1.72. The summed E-state index contributed by atoms with van der Waals surface area (Å²) in [6.07, 6.45) is 2.01. The lowest BCUT2D eigenvalue weighted by molar-refractivity contribution is -0.131. The molecule has 0 aromatic carbocycles. The van der Waals surface area contributed by atoms with Crippen molar-refractivity contribution in [2.75, 3.05) is 33.4 Å². The average molecular weight is 296 g/mol. The summed E-state index contributed by atoms with van der Waals surface area (Å²) in [6.45, 7) is 7.48. The standard InChI is InChI=1S/C14H24N4O3/c1-11-15-14(16-21-11)10-18(12(2)19)13-5-7-17(9-13)6-4-8-20-3/h13H,4-10H2,1-3H3/t13-/m0/s1. The van der Waals surface area contributed by atoms with Gasteiger partial charge in [-0.05, 0) is 12.8 Å². The van der Waals surface area contributed by atoms with E-state index in [0.29, 0.717) is 18.3 Å². The molecule has 0 N–H and O–H groups in total. The van der Waals surface area contributed by atoms with E-state index in [0.717, 1.165) is 39.1 Å². The summed E-state index contributed by atoms with van der Waals surface area (Å²) in [4.78, 5) is 20.3. The molecule has 1 fully saturated rings. The van der Waals surface area contributed by atoms with Crippen LogP contribution in [0.5, 0.6) is 0 Å². The molecule has 1 aromatic rings. The molecule has 21 heavy (non-hydrogen) atoms. The molecule has 118 valence electrons. The maximum Gasteiger partial charge on any atom is 0.223 e. The van der Waals surface area contributed by atoms with Gasteiger partial charge in [-0.1, -0.05) is 5.16 Å². The number of carbonyl (C=O) groups is 1. The van der Waals surface area contributed by atoms with E-state index < -0.39 is 0 Å². The van der Waals surface area contributed by atoms with Crippen LogP contribution in [0.2, 0.25) is 0 Å². The Balaban J connectivity index is 1.89. The Kier molecular flexibility index (Phi) is 5.69. The fraction of sp³-hybridized carbons (Fsp3) is 0.786. The van der Waals surface area contributed by atoms with Crippen molar-refractivity contribution in [2.45, 2.75) is 39.3 Å². The van der Waals surface area contributed by atoms with Crippen LogP contribution in [-0.4, -0.2) is 65.2 Å². The van der Waals surface area contributed by atoms with Gasteiger partial charge in [-0.15, -0.1) is 0 Å². The molecule has 1 atom stereocenters. The van der Waals surface area contributed by atoms with Crippen molar-refractivity contribution in [1.29, 1.82) is 0 Å². The van der Waals surface area contributed by atoms with Gasteiger partial charge in [-0.2, -0.15) is 4.98 Å². The van der Waals surface area contributed by atoms with Crippen LogP contribution in [0.25, 0.3) is 0 Å². The van der Waals surface area contributed by atoms with E-state index in [1.807, 2.05) is 4.90 Å². The first-order valence-electron chi connectivity index (χ1n) is 7.38. The highest BCUT2D eigenvalue weighted by atomic mass is 16.5. The van der Waals surface area contributed by atoms with Crippen molar-refractivity contribution >= 4 is 5.91 Å². The number of aryl methyl sites for hydroxylation is 1. The summed E-state index contributed by atoms with van der Waals surface area (Å²) in [6, 6.07) is 0.226. The molecule has 1 amide bonds. The number of ether oxygens (including phenoxy) is 1. The smallest absolute Gasteiger partial charge is 0.223 e. The molecule has 1 saturated heterocycles. The molecular weight excluding hydrogens is 272 g/mol. The molecule has 0 radical (unpaired) electrons. The predicted molar refractivity (Wildman–Crippen MR) is 76.6 cm³/mol. The summed E-state index contributed by atoms with van der Waals surface area (Å²) in [5.74, 6) is 1.16. The van der Waals surface area contributed by atoms with Gasteiger partial charge in [-0.3, -0.25) is 4.79 Å². The van der Waals surface area contributed by atoms with E-state index in [4.69, 9.17) is 9.26 Å². The highest BCUT2D eigenvalue weighted by Gasteiger charge is 2.29. The largest absolute Gasteiger partial charge is 0.385 e. The van der Waals surface area contributed by atoms with Crippen molar-refractivity contribution in [1.82, 2.24) is 19.9 Å². The topological polar surface area (TPSA) is 71.7 Å². The SMILES string of the molecule is COCCCN1CC[C@H](N(Cc2noc(C)n2)C(C)=O)C1. The van der Waals surface area contributed by atoms with Crippen molar-refractivity contribution in [3.8, 4) is 0 Å². The van der Waals surface area contributed by atoms with Gasteiger partial charge in [0.25, 0.3) is 0 Å². The van der Waals surface area contributed by atoms with Crippen LogP contribution in [0.3, 0.4) is 0 Å². The van der Waals surface area contributed by atoms with Crippen LogP contribution >= 0.6 is 0 Å². The van der Waals surface area contributed by atoms with E-state index in [-0.39, 0.29) is 11.9 Å². The molecule has 0 spiro atoms. The zero-order chi connectivity index (χ0) is 15.2. The second-order valence-corrected chi connectivity index (χ2v) is 5.47. The zero-order valence-electron chi connectivity index (χ0n) is 13.0. The van der Waals surface area contributed by atoms with Gasteiger partial charge in [0.1, 0.15) is 0 Å². The van der Waals surface area contributed by atoms with Gasteiger partial charge in [0.05, 0.1) is 6.54 Å². The van der Waals surface area contributed by atoms with Gasteiger partial charge < -0.3 is 19.1 Å². The first-order valence-corrected chi connectivity index (χ1v) is 7.38. The Hall–Kier alpha value is -1.47. The second kappa shape index (κ2) is 7.51. The third-order valence-corrected chi connectivity index (χ3v) is 3.80. The Morgan fingerprint density at radius 1 is 1.57 bits per heavy atom. The van der Waals surface area contributed by atoms with Crippen LogP contribution < -0.4 is 0 Å². The third kappa shape index (κ3) is 4.50. The van der Waals surface area contributed by atoms with E-state index in [9.17, 15) is 4.79 Å². The number of likely N-dealkylation sites (tertiary alicyclic amines) is 1. The molecule has 1 aliphatic heterocycles. The van der Waals surface area contributed by atoms with E-state index in [2.05, 4.69) is 15.0 Å². The second-order valence-electron chi connectivity index (χ2n) is 5.47. The monoisotopic (exact) mass is 296 g/mol. The number of amides is 1. The van der Waals surface area contributed by atoms with Crippen molar-refractivity contribution in [2.24, 2.45) is 0 Å². The van der Waals surface area contributed by atoms with Crippen LogP contribution in [-0.2, 0) is 16.1 Å². The van der Waals surface area contributed by atoms with Crippen LogP contribution in [0.15, 0.2) is 4.52 Å². The first kappa shape index (κ1) is 15.9. The van der Waals surface area contributed by atoms with Gasteiger partial charge in [0, 0.05) is 53.2 Å². The molecule has 1 aliphatic rings. The van der Waals surface area contributed by atoms with E-state index >= 15 is 0 Å². The van der Waals surface area contributed by atoms with Crippen molar-refractivity contribution < 1.29 is 14.1 Å². The fourth-order valence-electron chi connectivity index (χ4n) is 2.76. The number of methoxy groups -OCH3 is 1. The lowest BCUT2D eigenvalue weighted by Gasteiger charge is -2.27. The number of nitrogens with zero attached hydrogens (tertiary/aromatic N) is 4. The van der Waals surface area contributed by atoms with Crippen LogP contribution in [0.4, 0.5) is 0 Å². The molecule has 7 nitrogen and oxygen atoms in total. The number of aromatic nitrogens is 2. The summed E-state index contributed by atoms with van der Waals surface area (Å²) in [5.41, 5.74) is 0. The Morgan fingerprint density at radius 3 is 3.00 bits per heavy atom. The number of carbonyl (C=O) groups excluding carboxylic acids is 1. The van der Waals surface area contributed by atoms with E-state index in [1.165, 1.54) is 0 Å². The quantitative estimate of drug-likeness (QED) is 0.694. The number of hydrogen-bond acceptors (Lipinski definition) is 6. The lowest BCUT2D eigenvalue weighted by Crippen LogP contribution is -2.40. The molecule has 2 rings (SSSR count). The van der Waals surface area contributed by atoms with Crippen molar-refractivity contribution in [3.05, 3.63) is 11.7 Å². The molecule has 0 bridgehead atoms. The minimum absolute atomic E-state index is 0.0567. The molecule has 2 heterocycles. The highest BCUT2D eigenvalue weighted by molar-refractivity contribution is 5.73. The van der Waals surface area contributed by atoms with Crippen molar-refractivity contribution in [3.63, 3.8) is 0 Å². The summed E-state index contributed by atoms with van der Waals surface area (Å²) in [5, 5.41) is 3.88. The van der Waals surface area contributed by atoms with Gasteiger partial charge in [0.2, 0.25) is 11.8 Å². The Bertz CT molecular complexity index is 463. The maximum atomic E-state index is 11.9. The number of hydrogen-bond donors (Lipinski definition) is 0. The minimum Gasteiger partial charge on any atom is -0.385 e. The summed E-state index contributed by atoms with van der Waals surface area (Å²) >= 11 is 0. The van der Waals surface area contributed by atoms with Gasteiger partial charge in [0.15, 0.2) is 5.82 Å². The van der Waals surface area contributed by atoms with E-state index in [1.54, 1.807) is 21.0 Å². The van der Waals surface area contributed by atoms with Crippen LogP contribution in [0.1, 0.15) is 31.5 Å². The first-order chi connectivity index (χ1) is 10.1. The van der Waals surface area contributed by atoms with Gasteiger partial charge >= 0.3 is 0 Å². The Morgan fingerprint density at radius 2 is 2.38 bits per heavy atom.